The molecule has 0 aliphatic carbocycles. The first-order valence-corrected chi connectivity index (χ1v) is 6.87. The van der Waals surface area contributed by atoms with Crippen molar-refractivity contribution in [3.8, 4) is 5.75 Å². The van der Waals surface area contributed by atoms with Gasteiger partial charge in [-0.2, -0.15) is 0 Å². The van der Waals surface area contributed by atoms with Gasteiger partial charge in [-0.15, -0.1) is 0 Å². The van der Waals surface area contributed by atoms with Crippen LogP contribution in [0.1, 0.15) is 13.8 Å². The molecular weight excluding hydrogens is 271 g/mol. The van der Waals surface area contributed by atoms with Crippen molar-refractivity contribution in [1.82, 2.24) is 14.5 Å². The summed E-state index contributed by atoms with van der Waals surface area (Å²) < 4.78 is 20.7. The van der Waals surface area contributed by atoms with Crippen LogP contribution in [-0.2, 0) is 6.54 Å². The van der Waals surface area contributed by atoms with Crippen LogP contribution < -0.4 is 10.5 Å². The zero-order valence-electron chi connectivity index (χ0n) is 13.3. The lowest BCUT2D eigenvalue weighted by Gasteiger charge is -2.29. The molecule has 0 unspecified atom stereocenters. The molecule has 0 fully saturated rings. The van der Waals surface area contributed by atoms with Gasteiger partial charge < -0.3 is 19.9 Å². The molecule has 1 aromatic heterocycles. The highest BCUT2D eigenvalue weighted by Crippen LogP contribution is 2.29. The SMILES string of the molecule is COc1cc2c(cc1F)nc(N)n2CC(C)(C)CN(C)C. The number of nitrogens with two attached hydrogens (primary N) is 1. The second-order valence-electron chi connectivity index (χ2n) is 6.43. The van der Waals surface area contributed by atoms with Crippen LogP contribution in [-0.4, -0.2) is 42.2 Å². The molecule has 0 aliphatic heterocycles. The van der Waals surface area contributed by atoms with E-state index in [4.69, 9.17) is 10.5 Å². The molecule has 0 amide bonds. The molecule has 2 rings (SSSR count). The zero-order valence-corrected chi connectivity index (χ0v) is 13.3. The van der Waals surface area contributed by atoms with E-state index in [0.29, 0.717) is 18.0 Å². The minimum Gasteiger partial charge on any atom is -0.494 e. The second-order valence-corrected chi connectivity index (χ2v) is 6.43. The Morgan fingerprint density at radius 1 is 1.38 bits per heavy atom. The normalized spacial score (nSPS) is 12.3. The van der Waals surface area contributed by atoms with Gasteiger partial charge in [-0.3, -0.25) is 0 Å². The first-order valence-electron chi connectivity index (χ1n) is 6.87. The summed E-state index contributed by atoms with van der Waals surface area (Å²) in [5.41, 5.74) is 7.35. The number of benzene rings is 1. The van der Waals surface area contributed by atoms with E-state index in [-0.39, 0.29) is 11.2 Å². The number of fused-ring (bicyclic) bond motifs is 1. The van der Waals surface area contributed by atoms with Gasteiger partial charge in [-0.1, -0.05) is 13.8 Å². The van der Waals surface area contributed by atoms with Gasteiger partial charge >= 0.3 is 0 Å². The van der Waals surface area contributed by atoms with Gasteiger partial charge in [0.1, 0.15) is 0 Å². The molecule has 2 aromatic rings. The van der Waals surface area contributed by atoms with Crippen molar-refractivity contribution in [2.24, 2.45) is 5.41 Å². The number of aromatic nitrogens is 2. The Bertz CT molecular complexity index is 649. The maximum Gasteiger partial charge on any atom is 0.201 e. The summed E-state index contributed by atoms with van der Waals surface area (Å²) in [7, 11) is 5.52. The first kappa shape index (κ1) is 15.6. The van der Waals surface area contributed by atoms with Gasteiger partial charge in [0.2, 0.25) is 5.95 Å². The Morgan fingerprint density at radius 2 is 2.05 bits per heavy atom. The van der Waals surface area contributed by atoms with Crippen LogP contribution in [0.5, 0.6) is 5.75 Å². The second kappa shape index (κ2) is 5.52. The minimum absolute atomic E-state index is 0.00682. The quantitative estimate of drug-likeness (QED) is 0.919. The Kier molecular flexibility index (Phi) is 4.09. The van der Waals surface area contributed by atoms with Gasteiger partial charge in [-0.05, 0) is 19.5 Å². The van der Waals surface area contributed by atoms with Crippen molar-refractivity contribution in [3.05, 3.63) is 17.9 Å². The third-order valence-electron chi connectivity index (χ3n) is 3.38. The van der Waals surface area contributed by atoms with E-state index in [1.807, 2.05) is 18.7 Å². The van der Waals surface area contributed by atoms with Gasteiger partial charge in [0, 0.05) is 25.2 Å². The molecule has 0 saturated carbocycles. The van der Waals surface area contributed by atoms with Gasteiger partial charge in [-0.25, -0.2) is 9.37 Å². The van der Waals surface area contributed by atoms with Crippen LogP contribution >= 0.6 is 0 Å². The van der Waals surface area contributed by atoms with E-state index in [9.17, 15) is 4.39 Å². The molecule has 0 aliphatic rings. The third-order valence-corrected chi connectivity index (χ3v) is 3.38. The zero-order chi connectivity index (χ0) is 15.8. The first-order chi connectivity index (χ1) is 9.73. The Balaban J connectivity index is 2.46. The standard InChI is InChI=1S/C15H23FN4O/c1-15(2,8-19(3)4)9-20-12-7-13(21-5)10(16)6-11(12)18-14(20)17/h6-7H,8-9H2,1-5H3,(H2,17,18). The van der Waals surface area contributed by atoms with Crippen LogP contribution in [0.3, 0.4) is 0 Å². The highest BCUT2D eigenvalue weighted by Gasteiger charge is 2.23. The van der Waals surface area contributed by atoms with Crippen LogP contribution in [0.25, 0.3) is 11.0 Å². The fourth-order valence-corrected chi connectivity index (χ4v) is 2.80. The molecule has 21 heavy (non-hydrogen) atoms. The molecular formula is C15H23FN4O. The highest BCUT2D eigenvalue weighted by atomic mass is 19.1. The topological polar surface area (TPSA) is 56.3 Å². The summed E-state index contributed by atoms with van der Waals surface area (Å²) >= 11 is 0. The van der Waals surface area contributed by atoms with E-state index < -0.39 is 5.82 Å². The average molecular weight is 294 g/mol. The lowest BCUT2D eigenvalue weighted by molar-refractivity contribution is 0.214. The van der Waals surface area contributed by atoms with Crippen LogP contribution in [0.15, 0.2) is 12.1 Å². The maximum atomic E-state index is 13.7. The van der Waals surface area contributed by atoms with Crippen LogP contribution in [0.2, 0.25) is 0 Å². The number of hydrogen-bond acceptors (Lipinski definition) is 4. The Morgan fingerprint density at radius 3 is 2.62 bits per heavy atom. The van der Waals surface area contributed by atoms with Gasteiger partial charge in [0.15, 0.2) is 11.6 Å². The van der Waals surface area contributed by atoms with E-state index in [0.717, 1.165) is 12.1 Å². The number of ether oxygens (including phenoxy) is 1. The molecule has 1 aromatic carbocycles. The number of imidazole rings is 1. The molecule has 116 valence electrons. The number of hydrogen-bond donors (Lipinski definition) is 1. The summed E-state index contributed by atoms with van der Waals surface area (Å²) in [6.45, 7) is 5.94. The third kappa shape index (κ3) is 3.26. The maximum absolute atomic E-state index is 13.7. The highest BCUT2D eigenvalue weighted by molar-refractivity contribution is 5.80. The van der Waals surface area contributed by atoms with Crippen molar-refractivity contribution in [1.29, 1.82) is 0 Å². The summed E-state index contributed by atoms with van der Waals surface area (Å²) in [4.78, 5) is 6.38. The molecule has 0 atom stereocenters. The van der Waals surface area contributed by atoms with Crippen molar-refractivity contribution < 1.29 is 9.13 Å². The number of rotatable bonds is 5. The molecule has 0 saturated heterocycles. The van der Waals surface area contributed by atoms with Gasteiger partial charge in [0.05, 0.1) is 18.1 Å². The van der Waals surface area contributed by atoms with E-state index in [2.05, 4.69) is 23.7 Å². The summed E-state index contributed by atoms with van der Waals surface area (Å²) in [5.74, 6) is 0.167. The van der Waals surface area contributed by atoms with Gasteiger partial charge in [0.25, 0.3) is 0 Å². The number of halogens is 1. The van der Waals surface area contributed by atoms with Crippen molar-refractivity contribution >= 4 is 17.0 Å². The average Bonchev–Trinajstić information content (AvgIpc) is 2.62. The predicted octanol–water partition coefficient (Wildman–Crippen LogP) is 2.35. The van der Waals surface area contributed by atoms with Crippen LogP contribution in [0, 0.1) is 11.2 Å². The number of anilines is 1. The molecule has 2 N–H and O–H groups in total. The largest absolute Gasteiger partial charge is 0.494 e. The lowest BCUT2D eigenvalue weighted by Crippen LogP contribution is -2.32. The summed E-state index contributed by atoms with van der Waals surface area (Å²) in [5, 5.41) is 0. The predicted molar refractivity (Wildman–Crippen MR) is 83.0 cm³/mol. The molecule has 0 radical (unpaired) electrons. The Labute approximate surface area is 124 Å². The molecule has 1 heterocycles. The molecule has 6 heteroatoms. The fraction of sp³-hybridized carbons (Fsp3) is 0.533. The van der Waals surface area contributed by atoms with E-state index in [1.54, 1.807) is 6.07 Å². The smallest absolute Gasteiger partial charge is 0.201 e. The number of methoxy groups -OCH3 is 1. The minimum atomic E-state index is -0.429. The molecule has 5 nitrogen and oxygen atoms in total. The summed E-state index contributed by atoms with van der Waals surface area (Å²) in [6.07, 6.45) is 0. The Hall–Kier alpha value is -1.82. The van der Waals surface area contributed by atoms with E-state index in [1.165, 1.54) is 13.2 Å². The van der Waals surface area contributed by atoms with Crippen molar-refractivity contribution in [3.63, 3.8) is 0 Å². The van der Waals surface area contributed by atoms with E-state index >= 15 is 0 Å². The number of nitrogens with zero attached hydrogens (tertiary/aromatic N) is 3. The fourth-order valence-electron chi connectivity index (χ4n) is 2.80. The molecule has 0 spiro atoms. The van der Waals surface area contributed by atoms with Crippen molar-refractivity contribution in [2.75, 3.05) is 33.5 Å². The monoisotopic (exact) mass is 294 g/mol. The number of nitrogen functional groups attached to an aromatic ring is 1. The van der Waals surface area contributed by atoms with Crippen molar-refractivity contribution in [2.45, 2.75) is 20.4 Å². The molecule has 0 bridgehead atoms. The lowest BCUT2D eigenvalue weighted by atomic mass is 9.93. The summed E-state index contributed by atoms with van der Waals surface area (Å²) in [6, 6.07) is 3.01. The van der Waals surface area contributed by atoms with Crippen LogP contribution in [0.4, 0.5) is 10.3 Å².